The van der Waals surface area contributed by atoms with Crippen LogP contribution in [-0.2, 0) is 4.79 Å². The molecule has 1 N–H and O–H groups in total. The molecule has 1 amide bonds. The summed E-state index contributed by atoms with van der Waals surface area (Å²) in [7, 11) is 0. The van der Waals surface area contributed by atoms with Crippen LogP contribution in [0, 0.1) is 5.92 Å². The summed E-state index contributed by atoms with van der Waals surface area (Å²) in [5, 5.41) is 0.930. The van der Waals surface area contributed by atoms with E-state index in [1.807, 2.05) is 13.8 Å². The number of para-hydroxylation sites is 1. The number of rotatable bonds is 5. The smallest absolute Gasteiger partial charge is 0.410 e. The first-order valence-electron chi connectivity index (χ1n) is 7.13. The molecule has 0 bridgehead atoms. The van der Waals surface area contributed by atoms with E-state index in [1.165, 1.54) is 18.2 Å². The summed E-state index contributed by atoms with van der Waals surface area (Å²) in [6.45, 7) is 4.19. The SMILES string of the molecule is CC(C)COc1ccccc1[C@H](N1CCC(=O)N1)C(F)(F)F. The van der Waals surface area contributed by atoms with Gasteiger partial charge in [-0.25, -0.2) is 5.01 Å². The van der Waals surface area contributed by atoms with Gasteiger partial charge in [-0.05, 0) is 12.0 Å². The largest absolute Gasteiger partial charge is 0.493 e. The number of hydrazine groups is 1. The highest BCUT2D eigenvalue weighted by atomic mass is 19.4. The second-order valence-corrected chi connectivity index (χ2v) is 5.67. The molecular formula is C15H19F3N2O2. The molecule has 0 spiro atoms. The van der Waals surface area contributed by atoms with E-state index < -0.39 is 18.1 Å². The molecule has 122 valence electrons. The fourth-order valence-corrected chi connectivity index (χ4v) is 2.30. The predicted molar refractivity (Wildman–Crippen MR) is 75.0 cm³/mol. The molecule has 0 aromatic heterocycles. The van der Waals surface area contributed by atoms with Crippen molar-refractivity contribution in [1.82, 2.24) is 10.4 Å². The van der Waals surface area contributed by atoms with Crippen molar-refractivity contribution in [2.24, 2.45) is 5.92 Å². The lowest BCUT2D eigenvalue weighted by Gasteiger charge is -2.30. The normalized spacial score (nSPS) is 17.6. The summed E-state index contributed by atoms with van der Waals surface area (Å²) < 4.78 is 46.1. The topological polar surface area (TPSA) is 41.6 Å². The van der Waals surface area contributed by atoms with Crippen molar-refractivity contribution in [3.63, 3.8) is 0 Å². The van der Waals surface area contributed by atoms with Crippen molar-refractivity contribution in [2.45, 2.75) is 32.5 Å². The van der Waals surface area contributed by atoms with Gasteiger partial charge >= 0.3 is 6.18 Å². The van der Waals surface area contributed by atoms with E-state index in [2.05, 4.69) is 5.43 Å². The Morgan fingerprint density at radius 3 is 2.55 bits per heavy atom. The Labute approximate surface area is 127 Å². The number of carbonyl (C=O) groups excluding carboxylic acids is 1. The molecule has 1 aliphatic rings. The molecule has 1 fully saturated rings. The molecule has 0 unspecified atom stereocenters. The zero-order valence-corrected chi connectivity index (χ0v) is 12.5. The number of nitrogens with zero attached hydrogens (tertiary/aromatic N) is 1. The number of benzene rings is 1. The van der Waals surface area contributed by atoms with Gasteiger partial charge in [0.15, 0.2) is 6.04 Å². The van der Waals surface area contributed by atoms with Gasteiger partial charge in [0.2, 0.25) is 5.91 Å². The van der Waals surface area contributed by atoms with Gasteiger partial charge in [-0.2, -0.15) is 13.2 Å². The highest BCUT2D eigenvalue weighted by Gasteiger charge is 2.48. The number of halogens is 3. The number of amides is 1. The zero-order chi connectivity index (χ0) is 16.3. The molecule has 1 aromatic carbocycles. The monoisotopic (exact) mass is 316 g/mol. The number of hydrogen-bond donors (Lipinski definition) is 1. The minimum atomic E-state index is -4.52. The number of nitrogens with one attached hydrogen (secondary N) is 1. The van der Waals surface area contributed by atoms with Crippen LogP contribution in [0.1, 0.15) is 31.9 Å². The van der Waals surface area contributed by atoms with Crippen molar-refractivity contribution in [3.8, 4) is 5.75 Å². The van der Waals surface area contributed by atoms with Crippen LogP contribution in [-0.4, -0.2) is 30.2 Å². The standard InChI is InChI=1S/C15H19F3N2O2/c1-10(2)9-22-12-6-4-3-5-11(12)14(15(16,17)18)20-8-7-13(21)19-20/h3-6,10,14H,7-9H2,1-2H3,(H,19,21)/t14-/m0/s1. The minimum Gasteiger partial charge on any atom is -0.493 e. The molecule has 1 aliphatic heterocycles. The van der Waals surface area contributed by atoms with Crippen LogP contribution in [0.4, 0.5) is 13.2 Å². The molecule has 0 radical (unpaired) electrons. The summed E-state index contributed by atoms with van der Waals surface area (Å²) in [5.41, 5.74) is 2.28. The fraction of sp³-hybridized carbons (Fsp3) is 0.533. The van der Waals surface area contributed by atoms with E-state index in [0.29, 0.717) is 6.61 Å². The fourth-order valence-electron chi connectivity index (χ4n) is 2.30. The van der Waals surface area contributed by atoms with E-state index in [-0.39, 0.29) is 30.2 Å². The quantitative estimate of drug-likeness (QED) is 0.908. The van der Waals surface area contributed by atoms with Crippen LogP contribution in [0.2, 0.25) is 0 Å². The van der Waals surface area contributed by atoms with Gasteiger partial charge in [0, 0.05) is 18.5 Å². The minimum absolute atomic E-state index is 0.0119. The van der Waals surface area contributed by atoms with Gasteiger partial charge in [0.25, 0.3) is 0 Å². The summed E-state index contributed by atoms with van der Waals surface area (Å²) in [6.07, 6.45) is -4.46. The molecule has 2 rings (SSSR count). The average Bonchev–Trinajstić information content (AvgIpc) is 2.82. The summed E-state index contributed by atoms with van der Waals surface area (Å²) in [4.78, 5) is 11.3. The van der Waals surface area contributed by atoms with Gasteiger partial charge in [0.1, 0.15) is 5.75 Å². The van der Waals surface area contributed by atoms with Gasteiger partial charge < -0.3 is 4.74 Å². The van der Waals surface area contributed by atoms with Crippen molar-refractivity contribution in [3.05, 3.63) is 29.8 Å². The lowest BCUT2D eigenvalue weighted by atomic mass is 10.0. The molecule has 1 atom stereocenters. The molecule has 7 heteroatoms. The lowest BCUT2D eigenvalue weighted by Crippen LogP contribution is -2.43. The highest BCUT2D eigenvalue weighted by molar-refractivity contribution is 5.77. The Morgan fingerprint density at radius 1 is 1.32 bits per heavy atom. The van der Waals surface area contributed by atoms with Crippen LogP contribution < -0.4 is 10.2 Å². The third-order valence-electron chi connectivity index (χ3n) is 3.26. The Hall–Kier alpha value is -1.76. The molecule has 4 nitrogen and oxygen atoms in total. The number of alkyl halides is 3. The van der Waals surface area contributed by atoms with Crippen LogP contribution in [0.25, 0.3) is 0 Å². The molecule has 0 aliphatic carbocycles. The first-order valence-corrected chi connectivity index (χ1v) is 7.13. The first kappa shape index (κ1) is 16.6. The molecule has 1 saturated heterocycles. The van der Waals surface area contributed by atoms with Crippen LogP contribution in [0.3, 0.4) is 0 Å². The maximum atomic E-state index is 13.5. The maximum Gasteiger partial charge on any atom is 0.410 e. The first-order chi connectivity index (χ1) is 10.3. The average molecular weight is 316 g/mol. The Balaban J connectivity index is 2.33. The number of carbonyl (C=O) groups is 1. The molecule has 1 aromatic rings. The van der Waals surface area contributed by atoms with Crippen molar-refractivity contribution in [2.75, 3.05) is 13.2 Å². The molecule has 0 saturated carbocycles. The second-order valence-electron chi connectivity index (χ2n) is 5.67. The van der Waals surface area contributed by atoms with Crippen molar-refractivity contribution in [1.29, 1.82) is 0 Å². The van der Waals surface area contributed by atoms with Crippen LogP contribution in [0.15, 0.2) is 24.3 Å². The predicted octanol–water partition coefficient (Wildman–Crippen LogP) is 3.06. The van der Waals surface area contributed by atoms with E-state index in [9.17, 15) is 18.0 Å². The van der Waals surface area contributed by atoms with Crippen molar-refractivity contribution < 1.29 is 22.7 Å². The maximum absolute atomic E-state index is 13.5. The van der Waals surface area contributed by atoms with E-state index >= 15 is 0 Å². The lowest BCUT2D eigenvalue weighted by molar-refractivity contribution is -0.191. The highest BCUT2D eigenvalue weighted by Crippen LogP contribution is 2.41. The Morgan fingerprint density at radius 2 is 2.00 bits per heavy atom. The summed E-state index contributed by atoms with van der Waals surface area (Å²) >= 11 is 0. The van der Waals surface area contributed by atoms with Gasteiger partial charge in [-0.1, -0.05) is 32.0 Å². The van der Waals surface area contributed by atoms with Crippen LogP contribution >= 0.6 is 0 Å². The number of ether oxygens (including phenoxy) is 1. The van der Waals surface area contributed by atoms with Gasteiger partial charge in [0.05, 0.1) is 6.61 Å². The summed E-state index contributed by atoms with van der Waals surface area (Å²) in [6, 6.07) is 4.16. The second kappa shape index (κ2) is 6.56. The molecule has 22 heavy (non-hydrogen) atoms. The Kier molecular flexibility index (Phi) is 4.95. The third-order valence-corrected chi connectivity index (χ3v) is 3.26. The number of hydrogen-bond acceptors (Lipinski definition) is 3. The zero-order valence-electron chi connectivity index (χ0n) is 12.5. The van der Waals surface area contributed by atoms with E-state index in [4.69, 9.17) is 4.74 Å². The van der Waals surface area contributed by atoms with Crippen LogP contribution in [0.5, 0.6) is 5.75 Å². The van der Waals surface area contributed by atoms with E-state index in [0.717, 1.165) is 5.01 Å². The van der Waals surface area contributed by atoms with Gasteiger partial charge in [-0.15, -0.1) is 0 Å². The van der Waals surface area contributed by atoms with E-state index in [1.54, 1.807) is 6.07 Å². The van der Waals surface area contributed by atoms with Crippen molar-refractivity contribution >= 4 is 5.91 Å². The molecular weight excluding hydrogens is 297 g/mol. The third kappa shape index (κ3) is 3.91. The molecule has 1 heterocycles. The van der Waals surface area contributed by atoms with Gasteiger partial charge in [-0.3, -0.25) is 10.2 Å². The Bertz CT molecular complexity index is 532. The summed E-state index contributed by atoms with van der Waals surface area (Å²) in [5.74, 6) is -0.0154.